The summed E-state index contributed by atoms with van der Waals surface area (Å²) in [4.78, 5) is 15.8. The molecule has 2 atom stereocenters. The fraction of sp³-hybridized carbons (Fsp3) is 0.409. The number of carbonyl (C=O) groups is 1. The van der Waals surface area contributed by atoms with E-state index in [1.165, 1.54) is 11.1 Å². The number of hydrogen-bond donors (Lipinski definition) is 1. The monoisotopic (exact) mass is 462 g/mol. The molecule has 0 radical (unpaired) electrons. The van der Waals surface area contributed by atoms with Crippen LogP contribution in [0.25, 0.3) is 0 Å². The molecule has 4 nitrogen and oxygen atoms in total. The fourth-order valence-corrected chi connectivity index (χ4v) is 4.46. The summed E-state index contributed by atoms with van der Waals surface area (Å²) in [7, 11) is 0. The molecule has 1 saturated heterocycles. The molecule has 0 bridgehead atoms. The number of halogens is 1. The Balaban J connectivity index is 1.51. The lowest BCUT2D eigenvalue weighted by Crippen LogP contribution is -2.45. The van der Waals surface area contributed by atoms with Crippen molar-refractivity contribution in [1.29, 1.82) is 0 Å². The van der Waals surface area contributed by atoms with Gasteiger partial charge in [0.15, 0.2) is 0 Å². The Kier molecular flexibility index (Phi) is 7.97. The van der Waals surface area contributed by atoms with E-state index < -0.39 is 0 Å². The Morgan fingerprint density at radius 1 is 1.11 bits per heavy atom. The molecular formula is C22H27BrN2O2S. The summed E-state index contributed by atoms with van der Waals surface area (Å²) in [5.41, 5.74) is 2.45. The third-order valence-corrected chi connectivity index (χ3v) is 6.21. The molecule has 1 amide bonds. The van der Waals surface area contributed by atoms with Crippen molar-refractivity contribution in [3.63, 3.8) is 0 Å². The molecule has 3 rings (SSSR count). The van der Waals surface area contributed by atoms with E-state index >= 15 is 0 Å². The first-order valence-electron chi connectivity index (χ1n) is 9.59. The van der Waals surface area contributed by atoms with E-state index in [2.05, 4.69) is 58.2 Å². The molecule has 28 heavy (non-hydrogen) atoms. The van der Waals surface area contributed by atoms with Crippen molar-refractivity contribution in [1.82, 2.24) is 10.2 Å². The van der Waals surface area contributed by atoms with E-state index in [1.54, 1.807) is 11.8 Å². The lowest BCUT2D eigenvalue weighted by molar-refractivity contribution is -0.118. The number of benzene rings is 2. The summed E-state index contributed by atoms with van der Waals surface area (Å²) >= 11 is 4.98. The summed E-state index contributed by atoms with van der Waals surface area (Å²) in [6.07, 6.45) is 0.512. The quantitative estimate of drug-likeness (QED) is 0.616. The van der Waals surface area contributed by atoms with Gasteiger partial charge in [-0.25, -0.2) is 0 Å². The van der Waals surface area contributed by atoms with Crippen molar-refractivity contribution in [2.24, 2.45) is 0 Å². The van der Waals surface area contributed by atoms with Crippen molar-refractivity contribution < 1.29 is 9.53 Å². The van der Waals surface area contributed by atoms with Gasteiger partial charge in [0, 0.05) is 35.5 Å². The lowest BCUT2D eigenvalue weighted by atomic mass is 10.1. The zero-order valence-electron chi connectivity index (χ0n) is 16.4. The van der Waals surface area contributed by atoms with Crippen LogP contribution in [0.4, 0.5) is 0 Å². The minimum Gasteiger partial charge on any atom is -0.373 e. The lowest BCUT2D eigenvalue weighted by Gasteiger charge is -2.35. The molecule has 1 aliphatic rings. The standard InChI is InChI=1S/C22H27BrN2O2S/c1-16-12-25(13-17(2)27-16)14-19-6-4-3-5-18(19)11-24-22(26)15-28-21-9-7-20(23)8-10-21/h3-10,16-17H,11-15H2,1-2H3,(H,24,26). The van der Waals surface area contributed by atoms with E-state index in [9.17, 15) is 4.79 Å². The van der Waals surface area contributed by atoms with E-state index in [0.29, 0.717) is 12.3 Å². The van der Waals surface area contributed by atoms with Crippen LogP contribution in [0.5, 0.6) is 0 Å². The highest BCUT2D eigenvalue weighted by atomic mass is 79.9. The van der Waals surface area contributed by atoms with Crippen LogP contribution in [0, 0.1) is 0 Å². The highest BCUT2D eigenvalue weighted by Gasteiger charge is 2.22. The van der Waals surface area contributed by atoms with Crippen LogP contribution in [0.15, 0.2) is 57.9 Å². The molecule has 1 aliphatic heterocycles. The zero-order valence-corrected chi connectivity index (χ0v) is 18.8. The van der Waals surface area contributed by atoms with Crippen LogP contribution in [0.1, 0.15) is 25.0 Å². The van der Waals surface area contributed by atoms with Crippen LogP contribution < -0.4 is 5.32 Å². The van der Waals surface area contributed by atoms with Crippen LogP contribution in [0.2, 0.25) is 0 Å². The number of ether oxygens (including phenoxy) is 1. The molecule has 2 unspecified atom stereocenters. The highest BCUT2D eigenvalue weighted by molar-refractivity contribution is 9.10. The van der Waals surface area contributed by atoms with Crippen molar-refractivity contribution in [3.8, 4) is 0 Å². The van der Waals surface area contributed by atoms with Gasteiger partial charge in [0.1, 0.15) is 0 Å². The molecule has 1 N–H and O–H groups in total. The van der Waals surface area contributed by atoms with Crippen LogP contribution in [-0.2, 0) is 22.6 Å². The SMILES string of the molecule is CC1CN(Cc2ccccc2CNC(=O)CSc2ccc(Br)cc2)CC(C)O1. The maximum absolute atomic E-state index is 12.3. The molecular weight excluding hydrogens is 436 g/mol. The third-order valence-electron chi connectivity index (χ3n) is 4.67. The molecule has 6 heteroatoms. The Morgan fingerprint density at radius 3 is 2.43 bits per heavy atom. The number of amides is 1. The molecule has 0 spiro atoms. The first-order chi connectivity index (χ1) is 13.5. The maximum Gasteiger partial charge on any atom is 0.230 e. The van der Waals surface area contributed by atoms with E-state index in [-0.39, 0.29) is 18.1 Å². The number of hydrogen-bond acceptors (Lipinski definition) is 4. The van der Waals surface area contributed by atoms with Crippen LogP contribution in [0.3, 0.4) is 0 Å². The summed E-state index contributed by atoms with van der Waals surface area (Å²) in [5.74, 6) is 0.471. The molecule has 150 valence electrons. The largest absolute Gasteiger partial charge is 0.373 e. The van der Waals surface area contributed by atoms with Crippen LogP contribution in [-0.4, -0.2) is 41.9 Å². The molecule has 2 aromatic rings. The topological polar surface area (TPSA) is 41.6 Å². The second-order valence-electron chi connectivity index (χ2n) is 7.24. The highest BCUT2D eigenvalue weighted by Crippen LogP contribution is 2.21. The molecule has 0 saturated carbocycles. The van der Waals surface area contributed by atoms with Crippen molar-refractivity contribution in [2.75, 3.05) is 18.8 Å². The normalized spacial score (nSPS) is 20.1. The fourth-order valence-electron chi connectivity index (χ4n) is 3.46. The summed E-state index contributed by atoms with van der Waals surface area (Å²) in [6.45, 7) is 7.57. The third kappa shape index (κ3) is 6.62. The minimum absolute atomic E-state index is 0.0522. The number of rotatable bonds is 7. The minimum atomic E-state index is 0.0522. The van der Waals surface area contributed by atoms with Gasteiger partial charge in [-0.2, -0.15) is 0 Å². The van der Waals surface area contributed by atoms with Crippen molar-refractivity contribution >= 4 is 33.6 Å². The molecule has 1 fully saturated rings. The van der Waals surface area contributed by atoms with Gasteiger partial charge >= 0.3 is 0 Å². The van der Waals surface area contributed by atoms with Gasteiger partial charge in [-0.15, -0.1) is 11.8 Å². The smallest absolute Gasteiger partial charge is 0.230 e. The van der Waals surface area contributed by atoms with E-state index in [1.807, 2.05) is 30.3 Å². The Bertz CT molecular complexity index is 774. The second kappa shape index (κ2) is 10.4. The first-order valence-corrected chi connectivity index (χ1v) is 11.4. The summed E-state index contributed by atoms with van der Waals surface area (Å²) < 4.78 is 6.87. The predicted molar refractivity (Wildman–Crippen MR) is 118 cm³/mol. The predicted octanol–water partition coefficient (Wildman–Crippen LogP) is 4.47. The van der Waals surface area contributed by atoms with E-state index in [4.69, 9.17) is 4.74 Å². The van der Waals surface area contributed by atoms with Crippen molar-refractivity contribution in [2.45, 2.75) is 44.0 Å². The van der Waals surface area contributed by atoms with Gasteiger partial charge in [0.25, 0.3) is 0 Å². The summed E-state index contributed by atoms with van der Waals surface area (Å²) in [5, 5.41) is 3.06. The van der Waals surface area contributed by atoms with Gasteiger partial charge in [-0.05, 0) is 49.2 Å². The Hall–Kier alpha value is -1.34. The number of nitrogens with one attached hydrogen (secondary N) is 1. The molecule has 1 heterocycles. The Morgan fingerprint density at radius 2 is 1.75 bits per heavy atom. The summed E-state index contributed by atoms with van der Waals surface area (Å²) in [6, 6.07) is 16.4. The number of morpholine rings is 1. The average Bonchev–Trinajstić information content (AvgIpc) is 2.66. The zero-order chi connectivity index (χ0) is 19.9. The maximum atomic E-state index is 12.3. The van der Waals surface area contributed by atoms with Gasteiger partial charge in [-0.1, -0.05) is 40.2 Å². The first kappa shape index (κ1) is 21.4. The number of thioether (sulfide) groups is 1. The Labute approximate surface area is 180 Å². The second-order valence-corrected chi connectivity index (χ2v) is 9.20. The molecule has 0 aromatic heterocycles. The van der Waals surface area contributed by atoms with E-state index in [0.717, 1.165) is 29.0 Å². The van der Waals surface area contributed by atoms with Gasteiger partial charge in [0.2, 0.25) is 5.91 Å². The van der Waals surface area contributed by atoms with Gasteiger partial charge in [-0.3, -0.25) is 9.69 Å². The number of nitrogens with zero attached hydrogens (tertiary/aromatic N) is 1. The average molecular weight is 463 g/mol. The molecule has 2 aromatic carbocycles. The van der Waals surface area contributed by atoms with Crippen LogP contribution >= 0.6 is 27.7 Å². The van der Waals surface area contributed by atoms with Gasteiger partial charge < -0.3 is 10.1 Å². The number of carbonyl (C=O) groups excluding carboxylic acids is 1. The van der Waals surface area contributed by atoms with Crippen molar-refractivity contribution in [3.05, 3.63) is 64.1 Å². The molecule has 0 aliphatic carbocycles. The van der Waals surface area contributed by atoms with Gasteiger partial charge in [0.05, 0.1) is 18.0 Å².